The van der Waals surface area contributed by atoms with Crippen LogP contribution in [0.1, 0.15) is 18.1 Å². The number of nitrogens with zero attached hydrogens (tertiary/aromatic N) is 2. The minimum atomic E-state index is -0.334. The first-order chi connectivity index (χ1) is 13.5. The van der Waals surface area contributed by atoms with Gasteiger partial charge in [0.05, 0.1) is 5.69 Å². The van der Waals surface area contributed by atoms with Crippen molar-refractivity contribution in [1.29, 1.82) is 0 Å². The van der Waals surface area contributed by atoms with Gasteiger partial charge in [-0.05, 0) is 41.8 Å². The summed E-state index contributed by atoms with van der Waals surface area (Å²) in [4.78, 5) is 16.6. The van der Waals surface area contributed by atoms with Crippen molar-refractivity contribution in [3.05, 3.63) is 69.0 Å². The van der Waals surface area contributed by atoms with Gasteiger partial charge < -0.3 is 14.4 Å². The number of aromatic hydroxyl groups is 1. The van der Waals surface area contributed by atoms with Crippen LogP contribution in [-0.2, 0) is 13.0 Å². The van der Waals surface area contributed by atoms with Crippen LogP contribution in [0.25, 0.3) is 11.0 Å². The smallest absolute Gasteiger partial charge is 0.336 e. The van der Waals surface area contributed by atoms with Gasteiger partial charge in [0, 0.05) is 49.2 Å². The van der Waals surface area contributed by atoms with Gasteiger partial charge in [0.25, 0.3) is 0 Å². The van der Waals surface area contributed by atoms with Crippen molar-refractivity contribution in [3.8, 4) is 5.75 Å². The van der Waals surface area contributed by atoms with Crippen LogP contribution in [0, 0.1) is 0 Å². The molecule has 5 nitrogen and oxygen atoms in total. The highest BCUT2D eigenvalue weighted by Crippen LogP contribution is 2.29. The zero-order valence-corrected chi connectivity index (χ0v) is 16.6. The number of aryl methyl sites for hydroxylation is 1. The van der Waals surface area contributed by atoms with Crippen LogP contribution >= 0.6 is 11.6 Å². The Kier molecular flexibility index (Phi) is 5.29. The van der Waals surface area contributed by atoms with Crippen LogP contribution < -0.4 is 10.5 Å². The fraction of sp³-hybridized carbons (Fsp3) is 0.318. The van der Waals surface area contributed by atoms with Gasteiger partial charge in [-0.3, -0.25) is 4.90 Å². The van der Waals surface area contributed by atoms with Crippen molar-refractivity contribution in [2.45, 2.75) is 19.9 Å². The maximum atomic E-state index is 12.1. The lowest BCUT2D eigenvalue weighted by Crippen LogP contribution is -2.46. The van der Waals surface area contributed by atoms with E-state index >= 15 is 0 Å². The quantitative estimate of drug-likeness (QED) is 0.672. The molecule has 0 amide bonds. The van der Waals surface area contributed by atoms with Gasteiger partial charge in [-0.1, -0.05) is 30.7 Å². The Morgan fingerprint density at radius 1 is 1.07 bits per heavy atom. The van der Waals surface area contributed by atoms with Crippen LogP contribution in [0.2, 0.25) is 5.02 Å². The number of para-hydroxylation sites is 2. The van der Waals surface area contributed by atoms with Gasteiger partial charge in [0.1, 0.15) is 11.3 Å². The summed E-state index contributed by atoms with van der Waals surface area (Å²) in [6.45, 7) is 6.01. The second-order valence-electron chi connectivity index (χ2n) is 7.14. The molecular formula is C22H23ClN2O3. The second-order valence-corrected chi connectivity index (χ2v) is 7.54. The summed E-state index contributed by atoms with van der Waals surface area (Å²) in [7, 11) is 0. The highest BCUT2D eigenvalue weighted by Gasteiger charge is 2.20. The van der Waals surface area contributed by atoms with E-state index in [2.05, 4.69) is 9.80 Å². The third-order valence-electron chi connectivity index (χ3n) is 5.37. The average molecular weight is 399 g/mol. The number of halogens is 1. The molecule has 1 saturated heterocycles. The van der Waals surface area contributed by atoms with E-state index in [9.17, 15) is 9.90 Å². The molecule has 1 aliphatic heterocycles. The largest absolute Gasteiger partial charge is 0.506 e. The molecule has 146 valence electrons. The van der Waals surface area contributed by atoms with Crippen molar-refractivity contribution >= 4 is 28.3 Å². The summed E-state index contributed by atoms with van der Waals surface area (Å²) >= 11 is 6.40. The Labute approximate surface area is 168 Å². The van der Waals surface area contributed by atoms with E-state index in [0.29, 0.717) is 22.9 Å². The summed E-state index contributed by atoms with van der Waals surface area (Å²) in [5, 5.41) is 11.7. The summed E-state index contributed by atoms with van der Waals surface area (Å²) in [5.41, 5.74) is 3.04. The minimum Gasteiger partial charge on any atom is -0.506 e. The van der Waals surface area contributed by atoms with Gasteiger partial charge in [-0.15, -0.1) is 0 Å². The van der Waals surface area contributed by atoms with Gasteiger partial charge in [0.15, 0.2) is 0 Å². The molecule has 1 N–H and O–H groups in total. The van der Waals surface area contributed by atoms with Crippen LogP contribution in [0.3, 0.4) is 0 Å². The van der Waals surface area contributed by atoms with E-state index in [0.717, 1.165) is 54.8 Å². The molecule has 1 fully saturated rings. The number of anilines is 1. The molecule has 0 spiro atoms. The standard InChI is InChI=1S/C22H23ClN2O3/c1-2-15-11-21-17(13-18(15)23)16(12-22(27)28-21)14-24-7-9-25(10-8-24)19-5-3-4-6-20(19)26/h3-6,11-13,26H,2,7-10,14H2,1H3. The summed E-state index contributed by atoms with van der Waals surface area (Å²) in [6, 6.07) is 12.8. The van der Waals surface area contributed by atoms with E-state index in [1.54, 1.807) is 12.1 Å². The normalized spacial score (nSPS) is 15.3. The van der Waals surface area contributed by atoms with Crippen molar-refractivity contribution in [2.24, 2.45) is 0 Å². The molecule has 2 aromatic carbocycles. The minimum absolute atomic E-state index is 0.309. The average Bonchev–Trinajstić information content (AvgIpc) is 2.69. The van der Waals surface area contributed by atoms with Crippen molar-refractivity contribution in [2.75, 3.05) is 31.1 Å². The molecule has 1 aromatic heterocycles. The number of phenols is 1. The van der Waals surface area contributed by atoms with E-state index < -0.39 is 0 Å². The fourth-order valence-electron chi connectivity index (χ4n) is 3.81. The molecule has 0 bridgehead atoms. The van der Waals surface area contributed by atoms with Crippen LogP contribution in [-0.4, -0.2) is 36.2 Å². The summed E-state index contributed by atoms with van der Waals surface area (Å²) < 4.78 is 5.41. The van der Waals surface area contributed by atoms with Crippen molar-refractivity contribution < 1.29 is 9.52 Å². The lowest BCUT2D eigenvalue weighted by atomic mass is 10.1. The zero-order chi connectivity index (χ0) is 19.7. The summed E-state index contributed by atoms with van der Waals surface area (Å²) in [6.07, 6.45) is 0.789. The van der Waals surface area contributed by atoms with Crippen molar-refractivity contribution in [1.82, 2.24) is 4.90 Å². The van der Waals surface area contributed by atoms with E-state index in [4.69, 9.17) is 16.0 Å². The molecule has 28 heavy (non-hydrogen) atoms. The Balaban J connectivity index is 1.54. The molecule has 0 saturated carbocycles. The van der Waals surface area contributed by atoms with E-state index in [1.807, 2.05) is 37.3 Å². The fourth-order valence-corrected chi connectivity index (χ4v) is 4.11. The SMILES string of the molecule is CCc1cc2oc(=O)cc(CN3CCN(c4ccccc4O)CC3)c2cc1Cl. The maximum absolute atomic E-state index is 12.1. The lowest BCUT2D eigenvalue weighted by Gasteiger charge is -2.36. The number of rotatable bonds is 4. The van der Waals surface area contributed by atoms with E-state index in [1.165, 1.54) is 0 Å². The topological polar surface area (TPSA) is 56.9 Å². The van der Waals surface area contributed by atoms with Gasteiger partial charge >= 0.3 is 5.63 Å². The Morgan fingerprint density at radius 3 is 2.54 bits per heavy atom. The number of hydrogen-bond acceptors (Lipinski definition) is 5. The van der Waals surface area contributed by atoms with Gasteiger partial charge in [-0.25, -0.2) is 4.79 Å². The molecule has 0 aliphatic carbocycles. The van der Waals surface area contributed by atoms with E-state index in [-0.39, 0.29) is 5.63 Å². The molecule has 3 aromatic rings. The van der Waals surface area contributed by atoms with Crippen LogP contribution in [0.15, 0.2) is 51.7 Å². The number of benzene rings is 2. The molecular weight excluding hydrogens is 376 g/mol. The molecule has 4 rings (SSSR count). The first-order valence-electron chi connectivity index (χ1n) is 9.55. The van der Waals surface area contributed by atoms with Gasteiger partial charge in [0.2, 0.25) is 0 Å². The molecule has 1 aliphatic rings. The molecule has 0 unspecified atom stereocenters. The first-order valence-corrected chi connectivity index (χ1v) is 9.93. The molecule has 2 heterocycles. The third-order valence-corrected chi connectivity index (χ3v) is 5.72. The Bertz CT molecular complexity index is 1060. The number of hydrogen-bond donors (Lipinski definition) is 1. The maximum Gasteiger partial charge on any atom is 0.336 e. The number of piperazine rings is 1. The zero-order valence-electron chi connectivity index (χ0n) is 15.8. The lowest BCUT2D eigenvalue weighted by molar-refractivity contribution is 0.249. The predicted octanol–water partition coefficient (Wildman–Crippen LogP) is 4.04. The predicted molar refractivity (Wildman–Crippen MR) is 112 cm³/mol. The van der Waals surface area contributed by atoms with Gasteiger partial charge in [-0.2, -0.15) is 0 Å². The highest BCUT2D eigenvalue weighted by atomic mass is 35.5. The Hall–Kier alpha value is -2.50. The molecule has 6 heteroatoms. The molecule has 0 radical (unpaired) electrons. The molecule has 0 atom stereocenters. The third kappa shape index (κ3) is 3.73. The number of phenolic OH excluding ortho intramolecular Hbond substituents is 1. The summed E-state index contributed by atoms with van der Waals surface area (Å²) in [5.74, 6) is 0.309. The van der Waals surface area contributed by atoms with Crippen molar-refractivity contribution in [3.63, 3.8) is 0 Å². The van der Waals surface area contributed by atoms with Crippen LogP contribution in [0.5, 0.6) is 5.75 Å². The monoisotopic (exact) mass is 398 g/mol. The highest BCUT2D eigenvalue weighted by molar-refractivity contribution is 6.32. The second kappa shape index (κ2) is 7.86. The first kappa shape index (κ1) is 18.8. The number of fused-ring (bicyclic) bond motifs is 1. The van der Waals surface area contributed by atoms with Crippen LogP contribution in [0.4, 0.5) is 5.69 Å². The Morgan fingerprint density at radius 2 is 1.82 bits per heavy atom.